The average molecular weight is 454 g/mol. The van der Waals surface area contributed by atoms with Crippen LogP contribution in [0.2, 0.25) is 0 Å². The van der Waals surface area contributed by atoms with Crippen LogP contribution >= 0.6 is 0 Å². The molecule has 8 nitrogen and oxygen atoms in total. The molecule has 0 spiro atoms. The van der Waals surface area contributed by atoms with Crippen LogP contribution in [0.5, 0.6) is 0 Å². The van der Waals surface area contributed by atoms with E-state index in [1.54, 1.807) is 25.1 Å². The van der Waals surface area contributed by atoms with Gasteiger partial charge in [0.15, 0.2) is 0 Å². The van der Waals surface area contributed by atoms with Gasteiger partial charge in [0.05, 0.1) is 36.0 Å². The molecule has 1 atom stereocenters. The molecule has 2 heterocycles. The summed E-state index contributed by atoms with van der Waals surface area (Å²) < 4.78 is 10.5. The van der Waals surface area contributed by atoms with E-state index >= 15 is 0 Å². The van der Waals surface area contributed by atoms with E-state index in [2.05, 4.69) is 15.6 Å². The van der Waals surface area contributed by atoms with Crippen molar-refractivity contribution in [2.24, 2.45) is 0 Å². The lowest BCUT2D eigenvalue weighted by Crippen LogP contribution is -2.31. The van der Waals surface area contributed by atoms with E-state index in [0.717, 1.165) is 17.7 Å². The van der Waals surface area contributed by atoms with Crippen molar-refractivity contribution in [3.63, 3.8) is 0 Å². The number of ether oxygens (including phenoxy) is 2. The van der Waals surface area contributed by atoms with Crippen LogP contribution < -0.4 is 10.6 Å². The molecule has 33 heavy (non-hydrogen) atoms. The number of nitrogens with one attached hydrogen (secondary N) is 3. The third-order valence-electron chi connectivity index (χ3n) is 5.38. The van der Waals surface area contributed by atoms with Gasteiger partial charge in [-0.25, -0.2) is 4.79 Å². The maximum atomic E-state index is 12.7. The van der Waals surface area contributed by atoms with E-state index in [1.807, 2.05) is 32.9 Å². The van der Waals surface area contributed by atoms with E-state index in [9.17, 15) is 14.4 Å². The highest BCUT2D eigenvalue weighted by Gasteiger charge is 2.27. The number of carbonyl (C=O) groups is 3. The number of amides is 2. The molecule has 3 N–H and O–H groups in total. The monoisotopic (exact) mass is 453 g/mol. The van der Waals surface area contributed by atoms with Crippen LogP contribution in [-0.2, 0) is 19.1 Å². The van der Waals surface area contributed by atoms with Gasteiger partial charge in [-0.05, 0) is 57.0 Å². The third-order valence-corrected chi connectivity index (χ3v) is 5.38. The zero-order valence-corrected chi connectivity index (χ0v) is 19.5. The van der Waals surface area contributed by atoms with E-state index in [0.29, 0.717) is 47.8 Å². The molecule has 1 aliphatic rings. The predicted molar refractivity (Wildman–Crippen MR) is 127 cm³/mol. The summed E-state index contributed by atoms with van der Waals surface area (Å²) in [6.45, 7) is 9.28. The first-order chi connectivity index (χ1) is 15.8. The topological polar surface area (TPSA) is 110 Å². The molecular weight excluding hydrogens is 422 g/mol. The van der Waals surface area contributed by atoms with Gasteiger partial charge in [0.1, 0.15) is 0 Å². The van der Waals surface area contributed by atoms with Gasteiger partial charge in [-0.3, -0.25) is 9.59 Å². The summed E-state index contributed by atoms with van der Waals surface area (Å²) in [5.74, 6) is -1.23. The molecular formula is C25H31N3O5. The number of aromatic amines is 1. The minimum Gasteiger partial charge on any atom is -0.462 e. The molecule has 1 aliphatic heterocycles. The van der Waals surface area contributed by atoms with Gasteiger partial charge < -0.3 is 25.1 Å². The number of aromatic nitrogens is 1. The quantitative estimate of drug-likeness (QED) is 0.289. The lowest BCUT2D eigenvalue weighted by atomic mass is 9.95. The van der Waals surface area contributed by atoms with Gasteiger partial charge in [-0.15, -0.1) is 0 Å². The summed E-state index contributed by atoms with van der Waals surface area (Å²) >= 11 is 0. The summed E-state index contributed by atoms with van der Waals surface area (Å²) in [4.78, 5) is 40.7. The molecule has 0 saturated carbocycles. The normalized spacial score (nSPS) is 14.7. The van der Waals surface area contributed by atoms with Gasteiger partial charge in [0.2, 0.25) is 5.91 Å². The SMILES string of the molecule is CCCOCCNC(=O)[C@H](C)c1ccc2c(c1)/C(=C/c1[nH]c(C)cc1C(=O)OCC)C(=O)N2. The number of rotatable bonds is 10. The number of hydrogen-bond acceptors (Lipinski definition) is 5. The maximum Gasteiger partial charge on any atom is 0.340 e. The highest BCUT2D eigenvalue weighted by molar-refractivity contribution is 6.35. The lowest BCUT2D eigenvalue weighted by molar-refractivity contribution is -0.122. The average Bonchev–Trinajstić information content (AvgIpc) is 3.32. The van der Waals surface area contributed by atoms with Crippen molar-refractivity contribution < 1.29 is 23.9 Å². The first-order valence-electron chi connectivity index (χ1n) is 11.2. The molecule has 0 fully saturated rings. The van der Waals surface area contributed by atoms with E-state index in [4.69, 9.17) is 9.47 Å². The van der Waals surface area contributed by atoms with Crippen LogP contribution in [0.4, 0.5) is 5.69 Å². The van der Waals surface area contributed by atoms with Gasteiger partial charge in [0, 0.05) is 30.1 Å². The molecule has 1 aromatic heterocycles. The summed E-state index contributed by atoms with van der Waals surface area (Å²) in [6, 6.07) is 7.18. The van der Waals surface area contributed by atoms with Crippen molar-refractivity contribution in [3.8, 4) is 0 Å². The number of esters is 1. The van der Waals surface area contributed by atoms with E-state index < -0.39 is 11.9 Å². The van der Waals surface area contributed by atoms with Crippen LogP contribution in [0, 0.1) is 6.92 Å². The largest absolute Gasteiger partial charge is 0.462 e. The second-order valence-electron chi connectivity index (χ2n) is 7.94. The number of aryl methyl sites for hydroxylation is 1. The molecule has 3 rings (SSSR count). The fourth-order valence-electron chi connectivity index (χ4n) is 3.66. The molecule has 0 unspecified atom stereocenters. The molecule has 176 valence electrons. The molecule has 0 radical (unpaired) electrons. The molecule has 2 aromatic rings. The Labute approximate surface area is 193 Å². The van der Waals surface area contributed by atoms with Gasteiger partial charge in [0.25, 0.3) is 5.91 Å². The number of carbonyl (C=O) groups excluding carboxylic acids is 3. The van der Waals surface area contributed by atoms with Crippen LogP contribution in [0.3, 0.4) is 0 Å². The van der Waals surface area contributed by atoms with Crippen molar-refractivity contribution >= 4 is 35.1 Å². The molecule has 0 bridgehead atoms. The number of fused-ring (bicyclic) bond motifs is 1. The van der Waals surface area contributed by atoms with Crippen LogP contribution in [0.25, 0.3) is 11.6 Å². The summed E-state index contributed by atoms with van der Waals surface area (Å²) in [6.07, 6.45) is 2.59. The van der Waals surface area contributed by atoms with Crippen LogP contribution in [0.15, 0.2) is 24.3 Å². The Morgan fingerprint density at radius 2 is 1.97 bits per heavy atom. The first kappa shape index (κ1) is 24.3. The number of benzene rings is 1. The number of H-pyrrole nitrogens is 1. The van der Waals surface area contributed by atoms with Crippen LogP contribution in [0.1, 0.15) is 66.0 Å². The molecule has 2 amide bonds. The van der Waals surface area contributed by atoms with Gasteiger partial charge in [-0.1, -0.05) is 13.0 Å². The number of hydrogen-bond donors (Lipinski definition) is 3. The van der Waals surface area contributed by atoms with E-state index in [1.165, 1.54) is 0 Å². The molecule has 0 saturated heterocycles. The lowest BCUT2D eigenvalue weighted by Gasteiger charge is -2.14. The Hall–Kier alpha value is -3.39. The summed E-state index contributed by atoms with van der Waals surface area (Å²) in [5.41, 5.74) is 4.22. The first-order valence-corrected chi connectivity index (χ1v) is 11.2. The number of anilines is 1. The van der Waals surface area contributed by atoms with Crippen molar-refractivity contribution in [1.82, 2.24) is 10.3 Å². The van der Waals surface area contributed by atoms with Crippen molar-refractivity contribution in [3.05, 3.63) is 52.3 Å². The zero-order valence-electron chi connectivity index (χ0n) is 19.5. The van der Waals surface area contributed by atoms with Crippen molar-refractivity contribution in [2.75, 3.05) is 31.7 Å². The van der Waals surface area contributed by atoms with Crippen LogP contribution in [-0.4, -0.2) is 49.1 Å². The van der Waals surface area contributed by atoms with Crippen molar-refractivity contribution in [1.29, 1.82) is 0 Å². The fraction of sp³-hybridized carbons (Fsp3) is 0.400. The Balaban J connectivity index is 1.83. The second-order valence-corrected chi connectivity index (χ2v) is 7.94. The molecule has 8 heteroatoms. The predicted octanol–water partition coefficient (Wildman–Crippen LogP) is 3.64. The Morgan fingerprint density at radius 1 is 1.18 bits per heavy atom. The Morgan fingerprint density at radius 3 is 2.70 bits per heavy atom. The van der Waals surface area contributed by atoms with E-state index in [-0.39, 0.29) is 18.4 Å². The fourth-order valence-corrected chi connectivity index (χ4v) is 3.66. The highest BCUT2D eigenvalue weighted by Crippen LogP contribution is 2.35. The summed E-state index contributed by atoms with van der Waals surface area (Å²) in [7, 11) is 0. The minimum atomic E-state index is -0.450. The second kappa shape index (κ2) is 11.0. The zero-order chi connectivity index (χ0) is 24.0. The smallest absolute Gasteiger partial charge is 0.340 e. The maximum absolute atomic E-state index is 12.7. The third kappa shape index (κ3) is 5.70. The minimum absolute atomic E-state index is 0.109. The standard InChI is InChI=1S/C25H31N3O5/c1-5-10-32-11-9-26-23(29)16(4)17-7-8-21-18(13-17)19(24(30)28-21)14-22-20(12-15(3)27-22)25(31)33-6-2/h7-8,12-14,16,27H,5-6,9-11H2,1-4H3,(H,26,29)(H,28,30)/b19-14-/t16-/m1/s1. The van der Waals surface area contributed by atoms with Gasteiger partial charge in [-0.2, -0.15) is 0 Å². The van der Waals surface area contributed by atoms with Gasteiger partial charge >= 0.3 is 5.97 Å². The Kier molecular flexibility index (Phi) is 8.06. The Bertz CT molecular complexity index is 1070. The van der Waals surface area contributed by atoms with Crippen molar-refractivity contribution in [2.45, 2.75) is 40.0 Å². The summed E-state index contributed by atoms with van der Waals surface area (Å²) in [5, 5.41) is 5.73. The molecule has 0 aliphatic carbocycles. The highest BCUT2D eigenvalue weighted by atomic mass is 16.5. The molecule has 1 aromatic carbocycles.